The third-order valence-corrected chi connectivity index (χ3v) is 6.44. The molecule has 1 amide bonds. The second kappa shape index (κ2) is 9.44. The molecule has 0 unspecified atom stereocenters. The van der Waals surface area contributed by atoms with E-state index in [0.717, 1.165) is 23.3 Å². The van der Waals surface area contributed by atoms with Gasteiger partial charge in [-0.1, -0.05) is 54.1 Å². The lowest BCUT2D eigenvalue weighted by atomic mass is 10.1. The summed E-state index contributed by atoms with van der Waals surface area (Å²) in [5.74, 6) is -0.650. The second-order valence-electron chi connectivity index (χ2n) is 7.14. The van der Waals surface area contributed by atoms with Gasteiger partial charge in [0.2, 0.25) is 5.91 Å². The van der Waals surface area contributed by atoms with Crippen molar-refractivity contribution in [2.24, 2.45) is 0 Å². The van der Waals surface area contributed by atoms with Crippen LogP contribution in [0.2, 0.25) is 0 Å². The van der Waals surface area contributed by atoms with Crippen LogP contribution in [0, 0.1) is 6.92 Å². The van der Waals surface area contributed by atoms with Crippen LogP contribution in [-0.4, -0.2) is 20.9 Å². The number of nitrogens with one attached hydrogen (secondary N) is 1. The maximum absolute atomic E-state index is 13.2. The molecule has 0 bridgehead atoms. The van der Waals surface area contributed by atoms with Gasteiger partial charge in [0.05, 0.1) is 16.1 Å². The molecule has 0 saturated heterocycles. The highest BCUT2D eigenvalue weighted by atomic mass is 32.2. The minimum absolute atomic E-state index is 0.135. The molecule has 1 N–H and O–H groups in total. The van der Waals surface area contributed by atoms with Crippen LogP contribution < -0.4 is 9.62 Å². The molecule has 0 spiro atoms. The molecular formula is C23H21F3N2O3S. The van der Waals surface area contributed by atoms with Crippen molar-refractivity contribution in [1.29, 1.82) is 0 Å². The highest BCUT2D eigenvalue weighted by molar-refractivity contribution is 7.92. The highest BCUT2D eigenvalue weighted by Crippen LogP contribution is 2.33. The van der Waals surface area contributed by atoms with E-state index < -0.39 is 34.2 Å². The number of nitrogens with zero attached hydrogens (tertiary/aromatic N) is 1. The molecule has 3 aromatic carbocycles. The van der Waals surface area contributed by atoms with Crippen molar-refractivity contribution in [3.05, 3.63) is 95.6 Å². The number of hydrogen-bond donors (Lipinski definition) is 1. The van der Waals surface area contributed by atoms with Gasteiger partial charge in [0, 0.05) is 6.54 Å². The Balaban J connectivity index is 1.91. The SMILES string of the molecule is Cc1cccc(CNC(=O)CN(c2cccc(C(F)(F)F)c2)S(=O)(=O)c2ccccc2)c1. The average Bonchev–Trinajstić information content (AvgIpc) is 2.76. The molecule has 0 radical (unpaired) electrons. The number of rotatable bonds is 7. The molecule has 0 atom stereocenters. The molecule has 0 fully saturated rings. The Morgan fingerprint density at radius 2 is 1.62 bits per heavy atom. The Hall–Kier alpha value is -3.33. The van der Waals surface area contributed by atoms with Crippen molar-refractivity contribution in [3.8, 4) is 0 Å². The molecule has 0 aliphatic heterocycles. The van der Waals surface area contributed by atoms with Crippen LogP contribution in [-0.2, 0) is 27.5 Å². The number of benzene rings is 3. The lowest BCUT2D eigenvalue weighted by Crippen LogP contribution is -2.40. The van der Waals surface area contributed by atoms with E-state index in [1.807, 2.05) is 25.1 Å². The van der Waals surface area contributed by atoms with Crippen molar-refractivity contribution >= 4 is 21.6 Å². The number of aryl methyl sites for hydroxylation is 1. The molecule has 0 aliphatic rings. The molecule has 0 aliphatic carbocycles. The van der Waals surface area contributed by atoms with E-state index in [1.165, 1.54) is 30.3 Å². The quantitative estimate of drug-likeness (QED) is 0.561. The fourth-order valence-corrected chi connectivity index (χ4v) is 4.52. The van der Waals surface area contributed by atoms with Crippen LogP contribution in [0.4, 0.5) is 18.9 Å². The topological polar surface area (TPSA) is 66.5 Å². The van der Waals surface area contributed by atoms with Gasteiger partial charge in [-0.2, -0.15) is 13.2 Å². The van der Waals surface area contributed by atoms with Crippen molar-refractivity contribution in [3.63, 3.8) is 0 Å². The van der Waals surface area contributed by atoms with Gasteiger partial charge < -0.3 is 5.32 Å². The summed E-state index contributed by atoms with van der Waals surface area (Å²) < 4.78 is 66.7. The number of hydrogen-bond acceptors (Lipinski definition) is 3. The largest absolute Gasteiger partial charge is 0.416 e. The Morgan fingerprint density at radius 3 is 2.28 bits per heavy atom. The third kappa shape index (κ3) is 5.67. The maximum Gasteiger partial charge on any atom is 0.416 e. The highest BCUT2D eigenvalue weighted by Gasteiger charge is 2.33. The Morgan fingerprint density at radius 1 is 0.938 bits per heavy atom. The van der Waals surface area contributed by atoms with E-state index >= 15 is 0 Å². The lowest BCUT2D eigenvalue weighted by Gasteiger charge is -2.25. The van der Waals surface area contributed by atoms with Crippen molar-refractivity contribution in [2.45, 2.75) is 24.5 Å². The average molecular weight is 462 g/mol. The molecule has 32 heavy (non-hydrogen) atoms. The van der Waals surface area contributed by atoms with Gasteiger partial charge in [0.15, 0.2) is 0 Å². The Kier molecular flexibility index (Phi) is 6.88. The maximum atomic E-state index is 13.2. The molecule has 3 rings (SSSR count). The van der Waals surface area contributed by atoms with E-state index in [9.17, 15) is 26.4 Å². The molecule has 3 aromatic rings. The molecule has 0 saturated carbocycles. The van der Waals surface area contributed by atoms with E-state index in [4.69, 9.17) is 0 Å². The number of carbonyl (C=O) groups excluding carboxylic acids is 1. The number of sulfonamides is 1. The summed E-state index contributed by atoms with van der Waals surface area (Å²) in [5.41, 5.74) is 0.543. The monoisotopic (exact) mass is 462 g/mol. The standard InChI is InChI=1S/C23H21F3N2O3S/c1-17-7-5-8-18(13-17)15-27-22(29)16-28(32(30,31)21-11-3-2-4-12-21)20-10-6-9-19(14-20)23(24,25)26/h2-14H,15-16H2,1H3,(H,27,29). The van der Waals surface area contributed by atoms with E-state index in [-0.39, 0.29) is 17.1 Å². The zero-order chi connectivity index (χ0) is 23.4. The smallest absolute Gasteiger partial charge is 0.350 e. The predicted molar refractivity (Wildman–Crippen MR) is 115 cm³/mol. The Bertz CT molecular complexity index is 1200. The van der Waals surface area contributed by atoms with Crippen LogP contribution >= 0.6 is 0 Å². The van der Waals surface area contributed by atoms with Crippen molar-refractivity contribution in [2.75, 3.05) is 10.8 Å². The minimum Gasteiger partial charge on any atom is -0.350 e. The summed E-state index contributed by atoms with van der Waals surface area (Å²) in [4.78, 5) is 12.5. The zero-order valence-corrected chi connectivity index (χ0v) is 18.0. The van der Waals surface area contributed by atoms with Crippen LogP contribution in [0.1, 0.15) is 16.7 Å². The molecule has 9 heteroatoms. The van der Waals surface area contributed by atoms with Crippen molar-refractivity contribution < 1.29 is 26.4 Å². The molecular weight excluding hydrogens is 441 g/mol. The first-order chi connectivity index (χ1) is 15.1. The van der Waals surface area contributed by atoms with Gasteiger partial charge >= 0.3 is 6.18 Å². The molecule has 0 aromatic heterocycles. The number of carbonyl (C=O) groups is 1. The van der Waals surface area contributed by atoms with Crippen molar-refractivity contribution in [1.82, 2.24) is 5.32 Å². The van der Waals surface area contributed by atoms with Crippen LogP contribution in [0.5, 0.6) is 0 Å². The molecule has 0 heterocycles. The van der Waals surface area contributed by atoms with E-state index in [1.54, 1.807) is 12.1 Å². The van der Waals surface area contributed by atoms with E-state index in [0.29, 0.717) is 10.4 Å². The number of anilines is 1. The first-order valence-corrected chi connectivity index (χ1v) is 11.1. The predicted octanol–water partition coefficient (Wildman–Crippen LogP) is 4.53. The minimum atomic E-state index is -4.66. The fraction of sp³-hybridized carbons (Fsp3) is 0.174. The fourth-order valence-electron chi connectivity index (χ4n) is 3.08. The second-order valence-corrected chi connectivity index (χ2v) is 9.00. The van der Waals surface area contributed by atoms with Gasteiger partial charge in [-0.3, -0.25) is 9.10 Å². The Labute approximate surface area is 184 Å². The summed E-state index contributed by atoms with van der Waals surface area (Å²) in [7, 11) is -4.30. The van der Waals surface area contributed by atoms with E-state index in [2.05, 4.69) is 5.32 Å². The van der Waals surface area contributed by atoms with Gasteiger partial charge in [0.25, 0.3) is 10.0 Å². The van der Waals surface area contributed by atoms with Crippen LogP contribution in [0.3, 0.4) is 0 Å². The normalized spacial score (nSPS) is 11.8. The van der Waals surface area contributed by atoms with Crippen LogP contribution in [0.25, 0.3) is 0 Å². The first kappa shape index (κ1) is 23.3. The number of amides is 1. The summed E-state index contributed by atoms with van der Waals surface area (Å²) >= 11 is 0. The summed E-state index contributed by atoms with van der Waals surface area (Å²) in [5, 5.41) is 2.63. The summed E-state index contributed by atoms with van der Waals surface area (Å²) in [6.45, 7) is 1.37. The third-order valence-electron chi connectivity index (χ3n) is 4.65. The van der Waals surface area contributed by atoms with Crippen LogP contribution in [0.15, 0.2) is 83.8 Å². The van der Waals surface area contributed by atoms with Gasteiger partial charge in [-0.15, -0.1) is 0 Å². The number of alkyl halides is 3. The summed E-state index contributed by atoms with van der Waals surface area (Å²) in [6.07, 6.45) is -4.66. The summed E-state index contributed by atoms with van der Waals surface area (Å²) in [6, 6.07) is 18.5. The molecule has 5 nitrogen and oxygen atoms in total. The number of halogens is 3. The van der Waals surface area contributed by atoms with Gasteiger partial charge in [-0.05, 0) is 42.8 Å². The zero-order valence-electron chi connectivity index (χ0n) is 17.1. The van der Waals surface area contributed by atoms with Gasteiger partial charge in [0.1, 0.15) is 6.54 Å². The van der Waals surface area contributed by atoms with Gasteiger partial charge in [-0.25, -0.2) is 8.42 Å². The molecule has 168 valence electrons. The lowest BCUT2D eigenvalue weighted by molar-refractivity contribution is -0.137. The first-order valence-electron chi connectivity index (χ1n) is 9.65.